The molecule has 3 unspecified atom stereocenters. The molecule has 0 radical (unpaired) electrons. The molecular formula is C18H36N2. The van der Waals surface area contributed by atoms with Crippen LogP contribution in [0, 0.1) is 17.3 Å². The molecule has 2 rings (SSSR count). The van der Waals surface area contributed by atoms with Gasteiger partial charge >= 0.3 is 0 Å². The highest BCUT2D eigenvalue weighted by molar-refractivity contribution is 4.93. The molecule has 1 saturated heterocycles. The van der Waals surface area contributed by atoms with E-state index in [1.54, 1.807) is 0 Å². The quantitative estimate of drug-likeness (QED) is 0.821. The zero-order valence-electron chi connectivity index (χ0n) is 14.4. The van der Waals surface area contributed by atoms with Crippen molar-refractivity contribution in [1.29, 1.82) is 0 Å². The fraction of sp³-hybridized carbons (Fsp3) is 1.00. The van der Waals surface area contributed by atoms with Crippen LogP contribution in [0.25, 0.3) is 0 Å². The summed E-state index contributed by atoms with van der Waals surface area (Å²) in [7, 11) is 0. The number of nitrogens with one attached hydrogen (secondary N) is 1. The van der Waals surface area contributed by atoms with Crippen molar-refractivity contribution in [2.45, 2.75) is 78.8 Å². The summed E-state index contributed by atoms with van der Waals surface area (Å²) in [5.41, 5.74) is 0.551. The minimum atomic E-state index is 0.551. The van der Waals surface area contributed by atoms with Gasteiger partial charge in [-0.2, -0.15) is 0 Å². The third-order valence-corrected chi connectivity index (χ3v) is 5.81. The van der Waals surface area contributed by atoms with Gasteiger partial charge in [0.2, 0.25) is 0 Å². The first-order valence-corrected chi connectivity index (χ1v) is 8.89. The zero-order chi connectivity index (χ0) is 14.8. The van der Waals surface area contributed by atoms with E-state index in [1.807, 2.05) is 0 Å². The van der Waals surface area contributed by atoms with Crippen LogP contribution >= 0.6 is 0 Å². The molecule has 2 aliphatic rings. The van der Waals surface area contributed by atoms with Gasteiger partial charge in [-0.15, -0.1) is 0 Å². The lowest BCUT2D eigenvalue weighted by molar-refractivity contribution is 0.0365. The zero-order valence-corrected chi connectivity index (χ0v) is 14.4. The Morgan fingerprint density at radius 3 is 2.40 bits per heavy atom. The predicted octanol–water partition coefficient (Wildman–Crippen LogP) is 3.91. The summed E-state index contributed by atoms with van der Waals surface area (Å²) in [6.45, 7) is 15.7. The molecule has 1 aliphatic carbocycles. The maximum Gasteiger partial charge on any atom is 0.00930 e. The highest BCUT2D eigenvalue weighted by atomic mass is 15.2. The molecule has 20 heavy (non-hydrogen) atoms. The number of piperidine rings is 1. The van der Waals surface area contributed by atoms with Gasteiger partial charge in [0.25, 0.3) is 0 Å². The highest BCUT2D eigenvalue weighted by Gasteiger charge is 2.39. The largest absolute Gasteiger partial charge is 0.314 e. The Morgan fingerprint density at radius 2 is 1.80 bits per heavy atom. The van der Waals surface area contributed by atoms with Gasteiger partial charge in [0.1, 0.15) is 0 Å². The molecule has 2 fully saturated rings. The lowest BCUT2D eigenvalue weighted by Gasteiger charge is -2.45. The first-order chi connectivity index (χ1) is 9.42. The van der Waals surface area contributed by atoms with E-state index in [4.69, 9.17) is 0 Å². The smallest absolute Gasteiger partial charge is 0.00930 e. The van der Waals surface area contributed by atoms with E-state index in [-0.39, 0.29) is 0 Å². The molecule has 118 valence electrons. The molecule has 3 atom stereocenters. The van der Waals surface area contributed by atoms with Crippen LogP contribution in [0.15, 0.2) is 0 Å². The number of hydrogen-bond donors (Lipinski definition) is 1. The van der Waals surface area contributed by atoms with Crippen LogP contribution in [-0.2, 0) is 0 Å². The second-order valence-electron chi connectivity index (χ2n) is 8.23. The van der Waals surface area contributed by atoms with Gasteiger partial charge in [0.15, 0.2) is 0 Å². The van der Waals surface area contributed by atoms with E-state index >= 15 is 0 Å². The molecule has 2 nitrogen and oxygen atoms in total. The first kappa shape index (κ1) is 16.3. The van der Waals surface area contributed by atoms with Crippen molar-refractivity contribution in [2.75, 3.05) is 19.6 Å². The normalized spacial score (nSPS) is 34.8. The molecule has 1 aliphatic heterocycles. The topological polar surface area (TPSA) is 15.3 Å². The van der Waals surface area contributed by atoms with Crippen molar-refractivity contribution in [3.63, 3.8) is 0 Å². The second kappa shape index (κ2) is 6.79. The van der Waals surface area contributed by atoms with Crippen molar-refractivity contribution in [1.82, 2.24) is 10.2 Å². The molecule has 2 heteroatoms. The third kappa shape index (κ3) is 3.98. The summed E-state index contributed by atoms with van der Waals surface area (Å²) in [5.74, 6) is 1.73. The van der Waals surface area contributed by atoms with Gasteiger partial charge in [-0.25, -0.2) is 0 Å². The maximum atomic E-state index is 3.73. The highest BCUT2D eigenvalue weighted by Crippen LogP contribution is 2.40. The van der Waals surface area contributed by atoms with E-state index in [0.717, 1.165) is 17.9 Å². The Bertz CT molecular complexity index is 294. The lowest BCUT2D eigenvalue weighted by atomic mass is 9.80. The molecule has 1 N–H and O–H groups in total. The average Bonchev–Trinajstić information content (AvgIpc) is 2.82. The Morgan fingerprint density at radius 1 is 1.15 bits per heavy atom. The first-order valence-electron chi connectivity index (χ1n) is 8.89. The Labute approximate surface area is 126 Å². The molecule has 1 heterocycles. The molecule has 0 bridgehead atoms. The van der Waals surface area contributed by atoms with Crippen LogP contribution in [0.2, 0.25) is 0 Å². The molecule has 0 aromatic carbocycles. The van der Waals surface area contributed by atoms with Crippen LogP contribution < -0.4 is 5.32 Å². The fourth-order valence-electron chi connectivity index (χ4n) is 4.41. The summed E-state index contributed by atoms with van der Waals surface area (Å²) < 4.78 is 0. The van der Waals surface area contributed by atoms with E-state index < -0.39 is 0 Å². The maximum absolute atomic E-state index is 3.73. The summed E-state index contributed by atoms with van der Waals surface area (Å²) >= 11 is 0. The molecule has 1 saturated carbocycles. The number of hydrogen-bond acceptors (Lipinski definition) is 2. The predicted molar refractivity (Wildman–Crippen MR) is 88.0 cm³/mol. The molecule has 0 aromatic rings. The van der Waals surface area contributed by atoms with Crippen molar-refractivity contribution in [3.05, 3.63) is 0 Å². The monoisotopic (exact) mass is 280 g/mol. The number of nitrogens with zero attached hydrogens (tertiary/aromatic N) is 1. The van der Waals surface area contributed by atoms with Crippen LogP contribution in [-0.4, -0.2) is 36.6 Å². The van der Waals surface area contributed by atoms with Crippen molar-refractivity contribution in [2.24, 2.45) is 17.3 Å². The molecule has 0 amide bonds. The van der Waals surface area contributed by atoms with Gasteiger partial charge < -0.3 is 5.32 Å². The Hall–Kier alpha value is -0.0800. The van der Waals surface area contributed by atoms with Crippen LogP contribution in [0.4, 0.5) is 0 Å². The Kier molecular flexibility index (Phi) is 5.53. The van der Waals surface area contributed by atoms with Crippen LogP contribution in [0.3, 0.4) is 0 Å². The standard InChI is InChI=1S/C18H36N2/c1-14(2)19-12-18(8-6-7-9-18)13-20-11-15(3)10-16(4)17(20)5/h14-17,19H,6-13H2,1-5H3. The summed E-state index contributed by atoms with van der Waals surface area (Å²) in [6, 6.07) is 1.38. The van der Waals surface area contributed by atoms with Gasteiger partial charge in [-0.3, -0.25) is 4.90 Å². The van der Waals surface area contributed by atoms with Crippen molar-refractivity contribution >= 4 is 0 Å². The number of likely N-dealkylation sites (tertiary alicyclic amines) is 1. The van der Waals surface area contributed by atoms with Gasteiger partial charge in [0.05, 0.1) is 0 Å². The summed E-state index contributed by atoms with van der Waals surface area (Å²) in [5, 5.41) is 3.73. The number of rotatable bonds is 5. The van der Waals surface area contributed by atoms with E-state index in [0.29, 0.717) is 11.5 Å². The molecule has 0 aromatic heterocycles. The average molecular weight is 281 g/mol. The Balaban J connectivity index is 1.99. The molecular weight excluding hydrogens is 244 g/mol. The van der Waals surface area contributed by atoms with Gasteiger partial charge in [-0.1, -0.05) is 40.5 Å². The van der Waals surface area contributed by atoms with Crippen LogP contribution in [0.1, 0.15) is 66.7 Å². The molecule has 0 spiro atoms. The van der Waals surface area contributed by atoms with Crippen molar-refractivity contribution < 1.29 is 0 Å². The van der Waals surface area contributed by atoms with E-state index in [9.17, 15) is 0 Å². The van der Waals surface area contributed by atoms with E-state index in [2.05, 4.69) is 44.8 Å². The lowest BCUT2D eigenvalue weighted by Crippen LogP contribution is -2.52. The van der Waals surface area contributed by atoms with Gasteiger partial charge in [0, 0.05) is 31.7 Å². The fourth-order valence-corrected chi connectivity index (χ4v) is 4.41. The third-order valence-electron chi connectivity index (χ3n) is 5.81. The van der Waals surface area contributed by atoms with Crippen LogP contribution in [0.5, 0.6) is 0 Å². The van der Waals surface area contributed by atoms with Gasteiger partial charge in [-0.05, 0) is 43.4 Å². The minimum absolute atomic E-state index is 0.551. The SMILES string of the molecule is CC1CC(C)C(C)N(CC2(CNC(C)C)CCCC2)C1. The summed E-state index contributed by atoms with van der Waals surface area (Å²) in [4.78, 5) is 2.81. The minimum Gasteiger partial charge on any atom is -0.314 e. The summed E-state index contributed by atoms with van der Waals surface area (Å²) in [6.07, 6.45) is 7.15. The van der Waals surface area contributed by atoms with Crippen molar-refractivity contribution in [3.8, 4) is 0 Å². The van der Waals surface area contributed by atoms with E-state index in [1.165, 1.54) is 51.7 Å². The second-order valence-corrected chi connectivity index (χ2v) is 8.23.